The van der Waals surface area contributed by atoms with Gasteiger partial charge < -0.3 is 14.7 Å². The van der Waals surface area contributed by atoms with Crippen LogP contribution in [0.1, 0.15) is 80.6 Å². The first-order valence-electron chi connectivity index (χ1n) is 14.0. The third kappa shape index (κ3) is 5.15. The summed E-state index contributed by atoms with van der Waals surface area (Å²) in [7, 11) is 0. The maximum Gasteiger partial charge on any atom is 0.253 e. The first-order valence-corrected chi connectivity index (χ1v) is 14.8. The molecule has 7 nitrogen and oxygen atoms in total. The normalized spacial score (nSPS) is 20.2. The van der Waals surface area contributed by atoms with Gasteiger partial charge in [-0.15, -0.1) is 0 Å². The molecule has 1 atom stereocenters. The number of rotatable bonds is 5. The molecule has 2 aliphatic heterocycles. The van der Waals surface area contributed by atoms with E-state index in [0.29, 0.717) is 16.1 Å². The number of fused-ring (bicyclic) bond motifs is 1. The molecular weight excluding hydrogens is 547 g/mol. The van der Waals surface area contributed by atoms with Gasteiger partial charge in [-0.2, -0.15) is 0 Å². The molecule has 3 heterocycles. The van der Waals surface area contributed by atoms with Gasteiger partial charge in [-0.25, -0.2) is 0 Å². The molecule has 1 aromatic heterocycles. The smallest absolute Gasteiger partial charge is 0.253 e. The molecular formula is C31H34Cl2N4O3. The average molecular weight is 582 g/mol. The number of likely N-dealkylation sites (tertiary alicyclic amines) is 2. The molecule has 40 heavy (non-hydrogen) atoms. The molecule has 0 radical (unpaired) electrons. The van der Waals surface area contributed by atoms with E-state index in [1.54, 1.807) is 18.2 Å². The second-order valence-corrected chi connectivity index (χ2v) is 12.4. The Morgan fingerprint density at radius 2 is 1.88 bits per heavy atom. The number of benzene rings is 2. The van der Waals surface area contributed by atoms with E-state index in [1.165, 1.54) is 11.1 Å². The van der Waals surface area contributed by atoms with Crippen LogP contribution >= 0.6 is 23.2 Å². The molecule has 1 spiro atoms. The van der Waals surface area contributed by atoms with Crippen molar-refractivity contribution in [3.63, 3.8) is 0 Å². The summed E-state index contributed by atoms with van der Waals surface area (Å²) >= 11 is 12.4. The Labute approximate surface area is 244 Å². The van der Waals surface area contributed by atoms with E-state index in [4.69, 9.17) is 27.7 Å². The van der Waals surface area contributed by atoms with E-state index in [9.17, 15) is 9.59 Å². The van der Waals surface area contributed by atoms with Crippen molar-refractivity contribution in [1.82, 2.24) is 20.3 Å². The fraction of sp³-hybridized carbons (Fsp3) is 0.452. The lowest BCUT2D eigenvalue weighted by Crippen LogP contribution is -2.42. The van der Waals surface area contributed by atoms with Crippen molar-refractivity contribution in [2.75, 3.05) is 26.2 Å². The van der Waals surface area contributed by atoms with Crippen LogP contribution in [0.15, 0.2) is 40.9 Å². The molecule has 3 aliphatic rings. The Bertz CT molecular complexity index is 1440. The number of halogens is 2. The van der Waals surface area contributed by atoms with E-state index in [2.05, 4.69) is 15.4 Å². The predicted octanol–water partition coefficient (Wildman–Crippen LogP) is 6.14. The zero-order valence-electron chi connectivity index (χ0n) is 22.9. The second-order valence-electron chi connectivity index (χ2n) is 11.6. The molecule has 1 N–H and O–H groups in total. The monoisotopic (exact) mass is 580 g/mol. The fourth-order valence-electron chi connectivity index (χ4n) is 6.64. The van der Waals surface area contributed by atoms with Gasteiger partial charge in [0.15, 0.2) is 0 Å². The number of amides is 2. The van der Waals surface area contributed by atoms with Gasteiger partial charge in [0.05, 0.1) is 27.3 Å². The van der Waals surface area contributed by atoms with Gasteiger partial charge >= 0.3 is 0 Å². The summed E-state index contributed by atoms with van der Waals surface area (Å²) in [6, 6.07) is 10.8. The van der Waals surface area contributed by atoms with Crippen molar-refractivity contribution in [2.45, 2.75) is 58.5 Å². The Morgan fingerprint density at radius 3 is 2.62 bits per heavy atom. The average Bonchev–Trinajstić information content (AvgIpc) is 3.64. The van der Waals surface area contributed by atoms with Crippen LogP contribution < -0.4 is 5.32 Å². The quantitative estimate of drug-likeness (QED) is 0.392. The highest BCUT2D eigenvalue weighted by Crippen LogP contribution is 2.42. The molecule has 2 saturated heterocycles. The van der Waals surface area contributed by atoms with E-state index in [1.807, 2.05) is 36.9 Å². The van der Waals surface area contributed by atoms with Crippen molar-refractivity contribution >= 4 is 35.0 Å². The van der Waals surface area contributed by atoms with Crippen molar-refractivity contribution in [1.29, 1.82) is 0 Å². The molecule has 2 amide bonds. The van der Waals surface area contributed by atoms with Crippen LogP contribution in [-0.2, 0) is 13.0 Å². The number of carbonyl (C=O) groups excluding carboxylic acids is 2. The molecule has 6 rings (SSSR count). The van der Waals surface area contributed by atoms with E-state index in [0.717, 1.165) is 81.8 Å². The van der Waals surface area contributed by atoms with E-state index in [-0.39, 0.29) is 28.3 Å². The van der Waals surface area contributed by atoms with Crippen LogP contribution in [0.2, 0.25) is 10.0 Å². The van der Waals surface area contributed by atoms with Gasteiger partial charge in [-0.05, 0) is 99.8 Å². The number of aromatic nitrogens is 1. The predicted molar refractivity (Wildman–Crippen MR) is 155 cm³/mol. The van der Waals surface area contributed by atoms with Gasteiger partial charge in [0, 0.05) is 30.8 Å². The molecule has 0 bridgehead atoms. The first-order chi connectivity index (χ1) is 19.2. The maximum atomic E-state index is 13.6. The number of aryl methyl sites for hydroxylation is 3. The lowest BCUT2D eigenvalue weighted by atomic mass is 9.77. The minimum atomic E-state index is -0.260. The van der Waals surface area contributed by atoms with Crippen LogP contribution in [0.25, 0.3) is 0 Å². The lowest BCUT2D eigenvalue weighted by molar-refractivity contribution is 0.0713. The van der Waals surface area contributed by atoms with Crippen LogP contribution in [0.4, 0.5) is 0 Å². The number of hydrogen-bond acceptors (Lipinski definition) is 5. The highest BCUT2D eigenvalue weighted by atomic mass is 35.5. The van der Waals surface area contributed by atoms with Crippen LogP contribution in [0.3, 0.4) is 0 Å². The van der Waals surface area contributed by atoms with Gasteiger partial charge in [0.2, 0.25) is 0 Å². The van der Waals surface area contributed by atoms with Gasteiger partial charge in [-0.3, -0.25) is 14.5 Å². The van der Waals surface area contributed by atoms with E-state index >= 15 is 0 Å². The van der Waals surface area contributed by atoms with Crippen LogP contribution in [0, 0.1) is 19.3 Å². The Balaban J connectivity index is 1.09. The molecule has 210 valence electrons. The van der Waals surface area contributed by atoms with Crippen molar-refractivity contribution < 1.29 is 14.1 Å². The number of nitrogens with one attached hydrogen (secondary N) is 1. The number of carbonyl (C=O) groups is 2. The van der Waals surface area contributed by atoms with Gasteiger partial charge in [0.25, 0.3) is 11.8 Å². The highest BCUT2D eigenvalue weighted by molar-refractivity contribution is 6.43. The largest absolute Gasteiger partial charge is 0.361 e. The molecule has 1 aliphatic carbocycles. The first kappa shape index (κ1) is 27.3. The van der Waals surface area contributed by atoms with Crippen molar-refractivity contribution in [3.8, 4) is 0 Å². The summed E-state index contributed by atoms with van der Waals surface area (Å²) in [5.41, 5.74) is 5.58. The third-order valence-corrected chi connectivity index (χ3v) is 10.00. The SMILES string of the molecule is Cc1noc(C)c1CN1CCC2(CC1)CCN(C(=O)c1ccc3c(c1)C(NC(=O)c1cccc(Cl)c1Cl)CC3)C2. The summed E-state index contributed by atoms with van der Waals surface area (Å²) in [4.78, 5) is 31.1. The highest BCUT2D eigenvalue weighted by Gasteiger charge is 2.42. The molecule has 2 aromatic carbocycles. The zero-order valence-corrected chi connectivity index (χ0v) is 24.4. The maximum absolute atomic E-state index is 13.6. The van der Waals surface area contributed by atoms with Gasteiger partial charge in [0.1, 0.15) is 5.76 Å². The zero-order chi connectivity index (χ0) is 28.0. The summed E-state index contributed by atoms with van der Waals surface area (Å²) in [6.45, 7) is 8.47. The number of piperidine rings is 1. The fourth-order valence-corrected chi connectivity index (χ4v) is 7.02. The number of nitrogens with zero attached hydrogens (tertiary/aromatic N) is 3. The van der Waals surface area contributed by atoms with Gasteiger partial charge in [-0.1, -0.05) is 40.5 Å². The molecule has 1 unspecified atom stereocenters. The number of hydrogen-bond donors (Lipinski definition) is 1. The Morgan fingerprint density at radius 1 is 1.10 bits per heavy atom. The molecule has 0 saturated carbocycles. The minimum Gasteiger partial charge on any atom is -0.361 e. The Kier molecular flexibility index (Phi) is 7.40. The summed E-state index contributed by atoms with van der Waals surface area (Å²) < 4.78 is 5.34. The summed E-state index contributed by atoms with van der Waals surface area (Å²) in [6.07, 6.45) is 4.86. The second kappa shape index (κ2) is 10.8. The molecule has 3 aromatic rings. The lowest BCUT2D eigenvalue weighted by Gasteiger charge is -2.39. The molecule has 9 heteroatoms. The van der Waals surface area contributed by atoms with Crippen molar-refractivity contribution in [3.05, 3.63) is 85.7 Å². The van der Waals surface area contributed by atoms with Crippen LogP contribution in [0.5, 0.6) is 0 Å². The topological polar surface area (TPSA) is 78.7 Å². The van der Waals surface area contributed by atoms with E-state index < -0.39 is 0 Å². The standard InChI is InChI=1S/C31H34Cl2N4O3/c1-19-25(20(2)40-35-19)17-36-13-10-31(11-14-36)12-15-37(18-31)30(39)22-7-6-21-8-9-27(24(21)16-22)34-29(38)23-4-3-5-26(32)28(23)33/h3-7,16,27H,8-15,17-18H2,1-2H3,(H,34,38). The van der Waals surface area contributed by atoms with Crippen LogP contribution in [-0.4, -0.2) is 52.9 Å². The summed E-state index contributed by atoms with van der Waals surface area (Å²) in [5, 5.41) is 7.80. The van der Waals surface area contributed by atoms with Crippen molar-refractivity contribution in [2.24, 2.45) is 5.41 Å². The third-order valence-electron chi connectivity index (χ3n) is 9.18. The summed E-state index contributed by atoms with van der Waals surface area (Å²) in [5.74, 6) is 0.719. The molecule has 2 fully saturated rings. The Hall–Kier alpha value is -2.87. The minimum absolute atomic E-state index is 0.0766.